The van der Waals surface area contributed by atoms with Crippen LogP contribution < -0.4 is 4.90 Å². The van der Waals surface area contributed by atoms with Crippen molar-refractivity contribution < 1.29 is 4.79 Å². The van der Waals surface area contributed by atoms with Crippen LogP contribution in [-0.2, 0) is 11.2 Å². The fraction of sp³-hybridized carbons (Fsp3) is 0.526. The Labute approximate surface area is 149 Å². The Morgan fingerprint density at radius 2 is 2.24 bits per heavy atom. The summed E-state index contributed by atoms with van der Waals surface area (Å²) in [6.45, 7) is 5.85. The molecule has 0 saturated carbocycles. The van der Waals surface area contributed by atoms with E-state index in [1.165, 1.54) is 5.56 Å². The third-order valence-electron chi connectivity index (χ3n) is 5.18. The van der Waals surface area contributed by atoms with Crippen molar-refractivity contribution >= 4 is 11.7 Å². The van der Waals surface area contributed by atoms with Crippen LogP contribution in [0.15, 0.2) is 24.4 Å². The molecular formula is C19H27N5O. The second-order valence-corrected chi connectivity index (χ2v) is 6.85. The van der Waals surface area contributed by atoms with E-state index in [-0.39, 0.29) is 11.9 Å². The van der Waals surface area contributed by atoms with Crippen molar-refractivity contribution in [2.24, 2.45) is 0 Å². The van der Waals surface area contributed by atoms with E-state index < -0.39 is 0 Å². The molecule has 0 unspecified atom stereocenters. The zero-order valence-electron chi connectivity index (χ0n) is 15.3. The molecule has 2 aromatic rings. The molecule has 3 rings (SSSR count). The van der Waals surface area contributed by atoms with E-state index in [4.69, 9.17) is 0 Å². The maximum Gasteiger partial charge on any atom is 0.222 e. The topological polar surface area (TPSA) is 65.1 Å². The lowest BCUT2D eigenvalue weighted by molar-refractivity contribution is -0.132. The van der Waals surface area contributed by atoms with E-state index >= 15 is 0 Å². The third-order valence-corrected chi connectivity index (χ3v) is 5.18. The number of nitrogens with one attached hydrogen (secondary N) is 1. The number of likely N-dealkylation sites (N-methyl/N-ethyl adjacent to an activating group) is 1. The van der Waals surface area contributed by atoms with Gasteiger partial charge >= 0.3 is 0 Å². The summed E-state index contributed by atoms with van der Waals surface area (Å²) in [4.78, 5) is 21.3. The Hall–Kier alpha value is -2.37. The number of piperidine rings is 1. The van der Waals surface area contributed by atoms with E-state index in [1.807, 2.05) is 50.2 Å². The van der Waals surface area contributed by atoms with Crippen molar-refractivity contribution in [3.63, 3.8) is 0 Å². The van der Waals surface area contributed by atoms with Gasteiger partial charge in [0.25, 0.3) is 0 Å². The Kier molecular flexibility index (Phi) is 5.36. The van der Waals surface area contributed by atoms with Crippen LogP contribution >= 0.6 is 0 Å². The Morgan fingerprint density at radius 3 is 2.92 bits per heavy atom. The molecule has 3 heterocycles. The zero-order chi connectivity index (χ0) is 17.8. The monoisotopic (exact) mass is 341 g/mol. The van der Waals surface area contributed by atoms with Crippen molar-refractivity contribution in [1.29, 1.82) is 0 Å². The molecule has 2 aromatic heterocycles. The van der Waals surface area contributed by atoms with Gasteiger partial charge in [-0.15, -0.1) is 0 Å². The van der Waals surface area contributed by atoms with Crippen LogP contribution in [0.3, 0.4) is 0 Å². The number of nitrogens with zero attached hydrogens (tertiary/aromatic N) is 4. The van der Waals surface area contributed by atoms with Gasteiger partial charge in [-0.05, 0) is 50.8 Å². The number of aryl methyl sites for hydroxylation is 2. The van der Waals surface area contributed by atoms with Gasteiger partial charge in [0, 0.05) is 44.5 Å². The first kappa shape index (κ1) is 17.5. The number of aromatic nitrogens is 3. The molecule has 134 valence electrons. The average Bonchev–Trinajstić information content (AvgIpc) is 2.98. The van der Waals surface area contributed by atoms with Crippen molar-refractivity contribution in [3.05, 3.63) is 41.3 Å². The molecule has 1 N–H and O–H groups in total. The number of carbonyl (C=O) groups is 1. The first-order valence-corrected chi connectivity index (χ1v) is 8.98. The second kappa shape index (κ2) is 7.68. The number of H-pyrrole nitrogens is 1. The largest absolute Gasteiger partial charge is 0.355 e. The minimum absolute atomic E-state index is 0.202. The smallest absolute Gasteiger partial charge is 0.222 e. The van der Waals surface area contributed by atoms with Crippen LogP contribution in [0.25, 0.3) is 0 Å². The summed E-state index contributed by atoms with van der Waals surface area (Å²) >= 11 is 0. The Balaban J connectivity index is 1.58. The summed E-state index contributed by atoms with van der Waals surface area (Å²) in [5.41, 5.74) is 3.22. The molecule has 25 heavy (non-hydrogen) atoms. The first-order valence-electron chi connectivity index (χ1n) is 8.98. The highest BCUT2D eigenvalue weighted by atomic mass is 16.2. The van der Waals surface area contributed by atoms with Crippen molar-refractivity contribution in [2.75, 3.05) is 25.0 Å². The summed E-state index contributed by atoms with van der Waals surface area (Å²) in [6.07, 6.45) is 5.23. The molecule has 1 saturated heterocycles. The summed E-state index contributed by atoms with van der Waals surface area (Å²) in [5.74, 6) is 1.20. The van der Waals surface area contributed by atoms with Gasteiger partial charge in [-0.1, -0.05) is 6.07 Å². The summed E-state index contributed by atoms with van der Waals surface area (Å²) in [7, 11) is 1.93. The summed E-state index contributed by atoms with van der Waals surface area (Å²) in [5, 5.41) is 7.20. The Bertz CT molecular complexity index is 692. The predicted molar refractivity (Wildman–Crippen MR) is 98.6 cm³/mol. The molecule has 0 bridgehead atoms. The summed E-state index contributed by atoms with van der Waals surface area (Å²) < 4.78 is 0. The van der Waals surface area contributed by atoms with Crippen LogP contribution in [-0.4, -0.2) is 52.2 Å². The highest BCUT2D eigenvalue weighted by molar-refractivity contribution is 5.76. The van der Waals surface area contributed by atoms with Crippen LogP contribution in [0, 0.1) is 13.8 Å². The quantitative estimate of drug-likeness (QED) is 0.907. The van der Waals surface area contributed by atoms with Crippen molar-refractivity contribution in [3.8, 4) is 0 Å². The van der Waals surface area contributed by atoms with E-state index in [9.17, 15) is 4.79 Å². The van der Waals surface area contributed by atoms with Crippen LogP contribution in [0.1, 0.15) is 36.2 Å². The van der Waals surface area contributed by atoms with Gasteiger partial charge in [-0.3, -0.25) is 9.89 Å². The number of hydrogen-bond donors (Lipinski definition) is 1. The third kappa shape index (κ3) is 4.00. The molecular weight excluding hydrogens is 314 g/mol. The standard InChI is InChI=1S/C19H27N5O/c1-14-17(15(2)22-21-14)9-10-19(25)23(3)16-7-6-12-24(13-16)18-8-4-5-11-20-18/h4-5,8,11,16H,6-7,9-10,12-13H2,1-3H3,(H,21,22)/t16-/m0/s1. The second-order valence-electron chi connectivity index (χ2n) is 6.85. The highest BCUT2D eigenvalue weighted by Crippen LogP contribution is 2.21. The fourth-order valence-corrected chi connectivity index (χ4v) is 3.57. The number of pyridine rings is 1. The van der Waals surface area contributed by atoms with Crippen molar-refractivity contribution in [2.45, 2.75) is 45.6 Å². The number of aromatic amines is 1. The number of rotatable bonds is 5. The normalized spacial score (nSPS) is 17.6. The zero-order valence-corrected chi connectivity index (χ0v) is 15.3. The van der Waals surface area contributed by atoms with E-state index in [2.05, 4.69) is 20.1 Å². The van der Waals surface area contributed by atoms with Crippen LogP contribution in [0.4, 0.5) is 5.82 Å². The maximum absolute atomic E-state index is 12.7. The molecule has 0 aromatic carbocycles. The molecule has 6 heteroatoms. The number of hydrogen-bond acceptors (Lipinski definition) is 4. The SMILES string of the molecule is Cc1n[nH]c(C)c1CCC(=O)N(C)[C@H]1CCCN(c2ccccn2)C1. The molecule has 1 amide bonds. The molecule has 6 nitrogen and oxygen atoms in total. The molecule has 1 aliphatic heterocycles. The van der Waals surface area contributed by atoms with Gasteiger partial charge in [0.15, 0.2) is 0 Å². The van der Waals surface area contributed by atoms with E-state index in [1.54, 1.807) is 0 Å². The minimum atomic E-state index is 0.202. The fourth-order valence-electron chi connectivity index (χ4n) is 3.57. The van der Waals surface area contributed by atoms with Gasteiger partial charge in [0.05, 0.1) is 5.69 Å². The van der Waals surface area contributed by atoms with Gasteiger partial charge in [0.1, 0.15) is 5.82 Å². The van der Waals surface area contributed by atoms with Gasteiger partial charge in [0.2, 0.25) is 5.91 Å². The van der Waals surface area contributed by atoms with Crippen LogP contribution in [0.5, 0.6) is 0 Å². The number of anilines is 1. The van der Waals surface area contributed by atoms with Crippen molar-refractivity contribution in [1.82, 2.24) is 20.1 Å². The molecule has 1 fully saturated rings. The lowest BCUT2D eigenvalue weighted by Crippen LogP contribution is -2.48. The number of amides is 1. The van der Waals surface area contributed by atoms with Gasteiger partial charge < -0.3 is 9.80 Å². The van der Waals surface area contributed by atoms with E-state index in [0.717, 1.165) is 49.6 Å². The molecule has 0 radical (unpaired) electrons. The van der Waals surface area contributed by atoms with E-state index in [0.29, 0.717) is 6.42 Å². The van der Waals surface area contributed by atoms with Gasteiger partial charge in [-0.2, -0.15) is 5.10 Å². The lowest BCUT2D eigenvalue weighted by atomic mass is 10.0. The highest BCUT2D eigenvalue weighted by Gasteiger charge is 2.26. The van der Waals surface area contributed by atoms with Crippen LogP contribution in [0.2, 0.25) is 0 Å². The summed E-state index contributed by atoms with van der Waals surface area (Å²) in [6, 6.07) is 6.22. The molecule has 0 spiro atoms. The Morgan fingerprint density at radius 1 is 1.40 bits per heavy atom. The first-order chi connectivity index (χ1) is 12.1. The van der Waals surface area contributed by atoms with Gasteiger partial charge in [-0.25, -0.2) is 4.98 Å². The lowest BCUT2D eigenvalue weighted by Gasteiger charge is -2.38. The number of carbonyl (C=O) groups excluding carboxylic acids is 1. The molecule has 1 aliphatic rings. The molecule has 0 aliphatic carbocycles. The average molecular weight is 341 g/mol. The minimum Gasteiger partial charge on any atom is -0.355 e. The predicted octanol–water partition coefficient (Wildman–Crippen LogP) is 2.48. The molecule has 1 atom stereocenters. The maximum atomic E-state index is 12.7.